The number of ketones is 2. The predicted molar refractivity (Wildman–Crippen MR) is 169 cm³/mol. The number of phenols is 2. The molecule has 4 aromatic carbocycles. The summed E-state index contributed by atoms with van der Waals surface area (Å²) in [5, 5.41) is 20.2. The van der Waals surface area contributed by atoms with Crippen molar-refractivity contribution in [3.05, 3.63) is 95.1 Å². The summed E-state index contributed by atoms with van der Waals surface area (Å²) in [5.74, 6) is -0.282. The van der Waals surface area contributed by atoms with E-state index in [4.69, 9.17) is 28.0 Å². The number of aromatic hydroxyl groups is 2. The van der Waals surface area contributed by atoms with E-state index in [0.29, 0.717) is 24.0 Å². The molecule has 0 aromatic heterocycles. The molecule has 12 nitrogen and oxygen atoms in total. The molecule has 0 aliphatic heterocycles. The van der Waals surface area contributed by atoms with Crippen molar-refractivity contribution in [3.63, 3.8) is 0 Å². The molecule has 0 spiro atoms. The molecule has 0 heterocycles. The molecule has 0 atom stereocenters. The molecule has 4 rings (SSSR count). The van der Waals surface area contributed by atoms with E-state index < -0.39 is 7.82 Å². The largest absolute Gasteiger partial charge is 1.00 e. The second-order valence-electron chi connectivity index (χ2n) is 10.2. The first-order valence-corrected chi connectivity index (χ1v) is 15.8. The maximum absolute atomic E-state index is 12.9. The third-order valence-electron chi connectivity index (χ3n) is 7.11. The fraction of sp³-hybridized carbons (Fsp3) is 0.235. The minimum atomic E-state index is -4.98. The molecule has 0 saturated carbocycles. The van der Waals surface area contributed by atoms with Crippen LogP contribution in [0.25, 0.3) is 0 Å². The van der Waals surface area contributed by atoms with E-state index in [9.17, 15) is 29.3 Å². The van der Waals surface area contributed by atoms with E-state index in [0.717, 1.165) is 0 Å². The summed E-state index contributed by atoms with van der Waals surface area (Å²) < 4.78 is 43.7. The first-order valence-electron chi connectivity index (χ1n) is 14.3. The number of aryl methyl sites for hydroxylation is 2. The Morgan fingerprint density at radius 3 is 1.27 bits per heavy atom. The number of carbonyl (C=O) groups excluding carboxylic acids is 2. The van der Waals surface area contributed by atoms with Gasteiger partial charge in [-0.2, -0.15) is 0 Å². The van der Waals surface area contributed by atoms with E-state index in [2.05, 4.69) is 0 Å². The van der Waals surface area contributed by atoms with Crippen LogP contribution in [-0.4, -0.2) is 50.2 Å². The van der Waals surface area contributed by atoms with Gasteiger partial charge in [0.25, 0.3) is 0 Å². The van der Waals surface area contributed by atoms with E-state index in [1.54, 1.807) is 24.3 Å². The van der Waals surface area contributed by atoms with Crippen molar-refractivity contribution in [3.8, 4) is 46.0 Å². The zero-order chi connectivity index (χ0) is 34.1. The van der Waals surface area contributed by atoms with Gasteiger partial charge in [-0.3, -0.25) is 9.59 Å². The zero-order valence-corrected chi connectivity index (χ0v) is 30.1. The summed E-state index contributed by atoms with van der Waals surface area (Å²) in [5.41, 5.74) is 1.82. The Labute approximate surface area is 300 Å². The molecule has 2 N–H and O–H groups in total. The van der Waals surface area contributed by atoms with Gasteiger partial charge in [0.2, 0.25) is 11.5 Å². The second-order valence-corrected chi connectivity index (χ2v) is 11.5. The van der Waals surface area contributed by atoms with E-state index in [-0.39, 0.29) is 111 Å². The zero-order valence-electron chi connectivity index (χ0n) is 27.2. The van der Waals surface area contributed by atoms with E-state index in [1.807, 2.05) is 0 Å². The molecule has 0 amide bonds. The molecule has 14 heteroatoms. The number of hydrogen-bond donors (Lipinski definition) is 2. The number of phosphoric ester groups is 1. The van der Waals surface area contributed by atoms with Crippen molar-refractivity contribution in [1.29, 1.82) is 0 Å². The summed E-state index contributed by atoms with van der Waals surface area (Å²) in [4.78, 5) is 38.6. The van der Waals surface area contributed by atoms with Crippen LogP contribution in [0, 0.1) is 0 Å². The first kappa shape index (κ1) is 38.3. The summed E-state index contributed by atoms with van der Waals surface area (Å²) in [6.07, 6.45) is 0.736. The Kier molecular flexibility index (Phi) is 13.8. The SMILES string of the molecule is COc1cc(CCC(=O)c2cccc(OP(=O)([O-])Oc3cccc(C(=O)CCc4cc(OC)c(O)c(OC)c4)c3)c2)cc(OC)c1O.[Na+]. The molecular formula is C34H34NaO12P. The number of hydrogen-bond acceptors (Lipinski definition) is 12. The fourth-order valence-electron chi connectivity index (χ4n) is 4.72. The van der Waals surface area contributed by atoms with E-state index in [1.165, 1.54) is 77.0 Å². The standard InChI is InChI=1S/C34H35O12P.Na/c1-41-29-15-21(16-30(42-2)33(29)37)11-13-27(35)23-7-5-9-25(19-23)45-47(39,40)46-26-10-6-8-24(20-26)28(36)14-12-22-17-31(43-3)34(38)32(18-22)44-4;/h5-10,15-20,37-38H,11-14H2,1-4H3,(H,39,40);/q;+1/p-1. The van der Waals surface area contributed by atoms with Gasteiger partial charge in [0.05, 0.1) is 28.4 Å². The van der Waals surface area contributed by atoms with Crippen molar-refractivity contribution in [2.45, 2.75) is 25.7 Å². The minimum absolute atomic E-state index is 0. The average molecular weight is 689 g/mol. The predicted octanol–water partition coefficient (Wildman–Crippen LogP) is 2.69. The van der Waals surface area contributed by atoms with Crippen molar-refractivity contribution in [2.75, 3.05) is 28.4 Å². The van der Waals surface area contributed by atoms with Crippen LogP contribution in [0.1, 0.15) is 44.7 Å². The molecule has 0 bridgehead atoms. The molecule has 0 saturated heterocycles. The van der Waals surface area contributed by atoms with Gasteiger partial charge in [0.15, 0.2) is 34.6 Å². The Morgan fingerprint density at radius 2 is 0.958 bits per heavy atom. The van der Waals surface area contributed by atoms with Crippen molar-refractivity contribution < 1.29 is 86.8 Å². The molecule has 248 valence electrons. The van der Waals surface area contributed by atoms with Crippen LogP contribution in [0.2, 0.25) is 0 Å². The number of Topliss-reactive ketones (excluding diaryl/α,β-unsaturated/α-hetero) is 2. The first-order chi connectivity index (χ1) is 22.5. The number of methoxy groups -OCH3 is 4. The van der Waals surface area contributed by atoms with E-state index >= 15 is 0 Å². The normalized spacial score (nSPS) is 10.8. The molecule has 4 aromatic rings. The average Bonchev–Trinajstić information content (AvgIpc) is 3.06. The Bertz CT molecular complexity index is 1630. The summed E-state index contributed by atoms with van der Waals surface area (Å²) >= 11 is 0. The Hall–Kier alpha value is -4.19. The molecule has 0 fully saturated rings. The van der Waals surface area contributed by atoms with Crippen LogP contribution in [0.4, 0.5) is 0 Å². The molecular weight excluding hydrogens is 654 g/mol. The quantitative estimate of drug-likeness (QED) is 0.100. The maximum Gasteiger partial charge on any atom is 1.00 e. The van der Waals surface area contributed by atoms with Gasteiger partial charge in [0.1, 0.15) is 11.5 Å². The van der Waals surface area contributed by atoms with Gasteiger partial charge >= 0.3 is 37.4 Å². The number of phosphoric acid groups is 1. The third-order valence-corrected chi connectivity index (χ3v) is 7.98. The number of rotatable bonds is 16. The van der Waals surface area contributed by atoms with Crippen molar-refractivity contribution >= 4 is 19.4 Å². The summed E-state index contributed by atoms with van der Waals surface area (Å²) in [6, 6.07) is 17.7. The van der Waals surface area contributed by atoms with Crippen LogP contribution in [0.3, 0.4) is 0 Å². The van der Waals surface area contributed by atoms with Crippen LogP contribution in [0.5, 0.6) is 46.0 Å². The Morgan fingerprint density at radius 1 is 0.625 bits per heavy atom. The molecule has 0 aliphatic carbocycles. The Balaban J connectivity index is 0.00000625. The van der Waals surface area contributed by atoms with Gasteiger partial charge in [-0.05, 0) is 72.5 Å². The minimum Gasteiger partial charge on any atom is -0.736 e. The van der Waals surface area contributed by atoms with Gasteiger partial charge < -0.3 is 43.1 Å². The van der Waals surface area contributed by atoms with Crippen molar-refractivity contribution in [2.24, 2.45) is 0 Å². The van der Waals surface area contributed by atoms with Crippen LogP contribution >= 0.6 is 7.82 Å². The van der Waals surface area contributed by atoms with Crippen LogP contribution < -0.4 is 62.4 Å². The second kappa shape index (κ2) is 17.3. The van der Waals surface area contributed by atoms with Gasteiger partial charge in [-0.1, -0.05) is 24.3 Å². The number of phenolic OH excluding ortho intramolecular Hbond substituents is 2. The summed E-state index contributed by atoms with van der Waals surface area (Å²) in [6.45, 7) is 0. The van der Waals surface area contributed by atoms with Crippen LogP contribution in [-0.2, 0) is 17.4 Å². The topological polar surface area (TPSA) is 170 Å². The van der Waals surface area contributed by atoms with Crippen LogP contribution in [0.15, 0.2) is 72.8 Å². The monoisotopic (exact) mass is 688 g/mol. The van der Waals surface area contributed by atoms with Gasteiger partial charge in [-0.25, -0.2) is 4.57 Å². The number of benzene rings is 4. The smallest absolute Gasteiger partial charge is 0.736 e. The maximum atomic E-state index is 12.9. The number of carbonyl (C=O) groups is 2. The molecule has 0 unspecified atom stereocenters. The molecule has 0 radical (unpaired) electrons. The molecule has 0 aliphatic rings. The van der Waals surface area contributed by atoms with Crippen molar-refractivity contribution in [1.82, 2.24) is 0 Å². The van der Waals surface area contributed by atoms with Gasteiger partial charge in [0, 0.05) is 24.0 Å². The number of ether oxygens (including phenoxy) is 4. The third kappa shape index (κ3) is 9.91. The summed E-state index contributed by atoms with van der Waals surface area (Å²) in [7, 11) is 0.630. The molecule has 48 heavy (non-hydrogen) atoms. The van der Waals surface area contributed by atoms with Gasteiger partial charge in [-0.15, -0.1) is 0 Å². The fourth-order valence-corrected chi connectivity index (χ4v) is 5.50.